The molecule has 0 bridgehead atoms. The molecule has 2 atom stereocenters. The summed E-state index contributed by atoms with van der Waals surface area (Å²) in [6.07, 6.45) is 8.80. The third kappa shape index (κ3) is 16.5. The third-order valence-electron chi connectivity index (χ3n) is 17.2. The number of esters is 1. The summed E-state index contributed by atoms with van der Waals surface area (Å²) >= 11 is 9.86. The van der Waals surface area contributed by atoms with E-state index in [1.165, 1.54) is 17.5 Å². The molecule has 0 radical (unpaired) electrons. The van der Waals surface area contributed by atoms with Gasteiger partial charge in [0.25, 0.3) is 17.5 Å². The highest BCUT2D eigenvalue weighted by Gasteiger charge is 2.51. The van der Waals surface area contributed by atoms with Gasteiger partial charge in [-0.15, -0.1) is 0 Å². The fourth-order valence-electron chi connectivity index (χ4n) is 10.8. The molecule has 0 spiro atoms. The molecule has 2 saturated heterocycles. The van der Waals surface area contributed by atoms with Gasteiger partial charge < -0.3 is 39.2 Å². The minimum absolute atomic E-state index is 0.174. The number of ether oxygens (including phenoxy) is 2. The van der Waals surface area contributed by atoms with Gasteiger partial charge in [0.1, 0.15) is 11.9 Å². The van der Waals surface area contributed by atoms with Gasteiger partial charge in [-0.2, -0.15) is 15.3 Å². The predicted molar refractivity (Wildman–Crippen MR) is 368 cm³/mol. The maximum absolute atomic E-state index is 13.2. The number of likely N-dealkylation sites (tertiary alicyclic amines) is 1. The Morgan fingerprint density at radius 1 is 0.632 bits per heavy atom. The summed E-state index contributed by atoms with van der Waals surface area (Å²) in [5.74, 6) is -4.65. The lowest BCUT2D eigenvalue weighted by Crippen LogP contribution is -2.48. The summed E-state index contributed by atoms with van der Waals surface area (Å²) < 4.78 is 29.0. The molecule has 0 unspecified atom stereocenters. The summed E-state index contributed by atoms with van der Waals surface area (Å²) in [6, 6.07) is 42.8. The topological polar surface area (TPSA) is 249 Å². The Bertz CT molecular complexity index is 4450. The Kier molecular flexibility index (Phi) is 21.4. The fraction of sp³-hybridized carbons (Fsp3) is 0.292. The van der Waals surface area contributed by atoms with Crippen LogP contribution in [-0.4, -0.2) is 136 Å². The van der Waals surface area contributed by atoms with Gasteiger partial charge in [-0.1, -0.05) is 137 Å². The lowest BCUT2D eigenvalue weighted by atomic mass is 9.78. The Hall–Kier alpha value is -9.16. The second-order valence-corrected chi connectivity index (χ2v) is 25.8. The van der Waals surface area contributed by atoms with Crippen LogP contribution in [0.1, 0.15) is 103 Å². The zero-order valence-electron chi connectivity index (χ0n) is 53.9. The molecule has 7 aromatic carbocycles. The van der Waals surface area contributed by atoms with Gasteiger partial charge in [-0.25, -0.2) is 9.59 Å². The van der Waals surface area contributed by atoms with Crippen molar-refractivity contribution in [1.82, 2.24) is 39.6 Å². The van der Waals surface area contributed by atoms with Gasteiger partial charge in [0, 0.05) is 65.0 Å². The largest absolute Gasteiger partial charge is 0.494 e. The molecule has 3 aromatic heterocycles. The SMILES string of the molecule is CCOC(=O)C(=O)c1ccc(B2OC(C)(C)C(C)(C)O2)cc1.Cn1ncc2ccc(-c3ccc(C(=O)C(=O)N[C@H](CN4CCCC4)[C@H](O)c4ccc(OC5CC5)c(Cl)c4)cc3)cc21.Cn1ncc2ccc(-c3ccc(C(=O)C(=O)O)cc3)cc21.Cn1ncc2ccc(Br)cc21. The number of aliphatic hydroxyl groups excluding tert-OH is 1. The molecule has 1 aliphatic carbocycles. The molecule has 13 rings (SSSR count). The molecule has 20 nitrogen and oxygen atoms in total. The molecule has 1 amide bonds. The fourth-order valence-corrected chi connectivity index (χ4v) is 11.4. The number of nitrogens with one attached hydrogen (secondary N) is 1. The van der Waals surface area contributed by atoms with E-state index < -0.39 is 65.7 Å². The number of aryl methyl sites for hydroxylation is 3. The number of nitrogens with zero attached hydrogens (tertiary/aromatic N) is 7. The Morgan fingerprint density at radius 3 is 1.58 bits per heavy atom. The van der Waals surface area contributed by atoms with Crippen LogP contribution in [0.2, 0.25) is 5.02 Å². The number of carbonyl (C=O) groups excluding carboxylic acids is 5. The first-order chi connectivity index (χ1) is 45.4. The van der Waals surface area contributed by atoms with Gasteiger partial charge in [0.15, 0.2) is 0 Å². The van der Waals surface area contributed by atoms with E-state index in [-0.39, 0.29) is 23.8 Å². The average molecular weight is 1370 g/mol. The number of benzene rings is 7. The van der Waals surface area contributed by atoms with Gasteiger partial charge >= 0.3 is 19.1 Å². The van der Waals surface area contributed by atoms with E-state index in [0.717, 1.165) is 98.3 Å². The first kappa shape index (κ1) is 68.7. The number of aliphatic carboxylic acids is 1. The lowest BCUT2D eigenvalue weighted by molar-refractivity contribution is -0.137. The number of aromatic nitrogens is 6. The summed E-state index contributed by atoms with van der Waals surface area (Å²) in [4.78, 5) is 73.8. The van der Waals surface area contributed by atoms with E-state index in [1.807, 2.05) is 131 Å². The zero-order valence-corrected chi connectivity index (χ0v) is 56.3. The summed E-state index contributed by atoms with van der Waals surface area (Å²) in [5, 5.41) is 39.2. The van der Waals surface area contributed by atoms with Crippen molar-refractivity contribution in [2.24, 2.45) is 21.1 Å². The lowest BCUT2D eigenvalue weighted by Gasteiger charge is -2.32. The Labute approximate surface area is 563 Å². The first-order valence-corrected chi connectivity index (χ1v) is 32.3. The van der Waals surface area contributed by atoms with Crippen molar-refractivity contribution < 1.29 is 57.8 Å². The van der Waals surface area contributed by atoms with Gasteiger partial charge in [0.05, 0.1) is 70.1 Å². The number of rotatable bonds is 17. The van der Waals surface area contributed by atoms with Crippen LogP contribution in [0.3, 0.4) is 0 Å². The van der Waals surface area contributed by atoms with Crippen molar-refractivity contribution in [3.63, 3.8) is 0 Å². The van der Waals surface area contributed by atoms with Gasteiger partial charge in [-0.3, -0.25) is 33.2 Å². The summed E-state index contributed by atoms with van der Waals surface area (Å²) in [7, 11) is 5.22. The highest BCUT2D eigenvalue weighted by Crippen LogP contribution is 2.37. The number of halogens is 2. The molecular weight excluding hydrogens is 1300 g/mol. The highest BCUT2D eigenvalue weighted by atomic mass is 79.9. The number of hydrogen-bond donors (Lipinski definition) is 3. The number of carboxylic acid groups (broad SMARTS) is 1. The average Bonchev–Trinajstić information content (AvgIpc) is 1.58. The maximum atomic E-state index is 13.2. The molecule has 3 aliphatic rings. The number of hydrogen-bond acceptors (Lipinski definition) is 15. The second kappa shape index (κ2) is 29.6. The quantitative estimate of drug-likeness (QED) is 0.0332. The minimum atomic E-state index is -1.45. The van der Waals surface area contributed by atoms with E-state index >= 15 is 0 Å². The number of ketones is 3. The van der Waals surface area contributed by atoms with Crippen LogP contribution < -0.4 is 15.5 Å². The van der Waals surface area contributed by atoms with E-state index in [0.29, 0.717) is 28.4 Å². The number of carboxylic acids is 1. The zero-order chi connectivity index (χ0) is 67.9. The van der Waals surface area contributed by atoms with E-state index in [9.17, 15) is 33.9 Å². The molecule has 3 fully saturated rings. The van der Waals surface area contributed by atoms with Crippen LogP contribution in [0.5, 0.6) is 5.75 Å². The van der Waals surface area contributed by atoms with E-state index in [2.05, 4.69) is 47.5 Å². The van der Waals surface area contributed by atoms with Crippen molar-refractivity contribution in [1.29, 1.82) is 0 Å². The molecule has 1 saturated carbocycles. The van der Waals surface area contributed by atoms with Gasteiger partial charge in [-0.05, 0) is 143 Å². The summed E-state index contributed by atoms with van der Waals surface area (Å²) in [6.45, 7) is 11.9. The number of Topliss-reactive ketones (excluding diaryl/α,β-unsaturated/α-hetero) is 3. The van der Waals surface area contributed by atoms with Crippen LogP contribution in [0.4, 0.5) is 0 Å². The molecule has 10 aromatic rings. The highest BCUT2D eigenvalue weighted by molar-refractivity contribution is 9.10. The normalized spacial score (nSPS) is 15.3. The standard InChI is InChI=1S/C32H33ClN4O4.C16H21BO5.C16H12N2O3.C8H7BrN2/c1-36-28-17-22(8-9-24(28)18-34-36)20-4-6-21(7-5-20)31(39)32(40)35-27(19-37-14-2-3-15-37)30(38)23-10-13-29(26(33)16-23)41-25-11-12-25;1-6-20-14(19)13(18)11-7-9-12(10-8-11)17-21-15(2,3)16(4,5)22-17;1-18-14-8-12(6-7-13(14)9-17-18)10-2-4-11(5-3-10)15(19)16(20)21;1-11-8-4-7(9)3-2-6(8)5-10-11/h4-10,13,16-18,25,27,30,38H,2-3,11-12,14-15,19H2,1H3,(H,35,40);7-10H,6H2,1-5H3;2-9H,1H3,(H,20,21);2-5H,1H3/t27-,30-;;;/m1.../s1. The molecule has 95 heavy (non-hydrogen) atoms. The van der Waals surface area contributed by atoms with Crippen molar-refractivity contribution in [2.75, 3.05) is 26.2 Å². The first-order valence-electron chi connectivity index (χ1n) is 31.1. The van der Waals surface area contributed by atoms with Crippen LogP contribution >= 0.6 is 27.5 Å². The second-order valence-electron chi connectivity index (χ2n) is 24.5. The van der Waals surface area contributed by atoms with Crippen LogP contribution in [0.25, 0.3) is 55.0 Å². The molecule has 23 heteroatoms. The Balaban J connectivity index is 0.000000153. The maximum Gasteiger partial charge on any atom is 0.494 e. The molecule has 490 valence electrons. The predicted octanol–water partition coefficient (Wildman–Crippen LogP) is 11.5. The molecule has 3 N–H and O–H groups in total. The van der Waals surface area contributed by atoms with E-state index in [4.69, 9.17) is 35.5 Å². The van der Waals surface area contributed by atoms with Crippen molar-refractivity contribution >= 4 is 108 Å². The van der Waals surface area contributed by atoms with Crippen LogP contribution in [0, 0.1) is 0 Å². The monoisotopic (exact) mass is 1370 g/mol. The Morgan fingerprint density at radius 2 is 1.09 bits per heavy atom. The molecular formula is C72H73BBrClN8O12. The van der Waals surface area contributed by atoms with Crippen LogP contribution in [-0.2, 0) is 49.6 Å². The molecule has 2 aliphatic heterocycles. The number of carbonyl (C=O) groups is 6. The van der Waals surface area contributed by atoms with Crippen LogP contribution in [0.15, 0.2) is 169 Å². The molecule has 5 heterocycles. The van der Waals surface area contributed by atoms with Crippen molar-refractivity contribution in [3.8, 4) is 28.0 Å². The number of aliphatic hydroxyl groups is 1. The summed E-state index contributed by atoms with van der Waals surface area (Å²) in [5.41, 5.74) is 8.27. The number of fused-ring (bicyclic) bond motifs is 3. The van der Waals surface area contributed by atoms with Crippen molar-refractivity contribution in [2.45, 2.75) is 89.8 Å². The number of amides is 1. The smallest absolute Gasteiger partial charge is 0.489 e. The van der Waals surface area contributed by atoms with Gasteiger partial charge in [0.2, 0.25) is 5.78 Å². The minimum Gasteiger partial charge on any atom is -0.489 e. The van der Waals surface area contributed by atoms with Crippen molar-refractivity contribution in [3.05, 3.63) is 196 Å². The van der Waals surface area contributed by atoms with E-state index in [1.54, 1.807) is 84.5 Å². The third-order valence-corrected chi connectivity index (χ3v) is 18.0.